The zero-order valence-corrected chi connectivity index (χ0v) is 13.0. The molecule has 0 N–H and O–H groups in total. The van der Waals surface area contributed by atoms with Gasteiger partial charge in [0.15, 0.2) is 0 Å². The summed E-state index contributed by atoms with van der Waals surface area (Å²) in [5.41, 5.74) is 4.71. The van der Waals surface area contributed by atoms with Gasteiger partial charge in [-0.05, 0) is 41.2 Å². The summed E-state index contributed by atoms with van der Waals surface area (Å²) >= 11 is 0. The third kappa shape index (κ3) is 3.57. The largest absolute Gasteiger partial charge is 0.206 e. The highest BCUT2D eigenvalue weighted by molar-refractivity contribution is 5.71. The molecule has 0 atom stereocenters. The Hall–Kier alpha value is -2.67. The van der Waals surface area contributed by atoms with Gasteiger partial charge in [-0.3, -0.25) is 0 Å². The molecule has 0 nitrogen and oxygen atoms in total. The lowest BCUT2D eigenvalue weighted by Crippen LogP contribution is -1.88. The minimum absolute atomic E-state index is 0.190. The van der Waals surface area contributed by atoms with Crippen LogP contribution in [0.1, 0.15) is 12.0 Å². The molecule has 0 unspecified atom stereocenters. The fraction of sp³-hybridized carbons (Fsp3) is 0.0909. The normalized spacial score (nSPS) is 10.5. The Labute approximate surface area is 136 Å². The second-order valence-corrected chi connectivity index (χ2v) is 5.58. The van der Waals surface area contributed by atoms with Crippen LogP contribution < -0.4 is 0 Å². The molecule has 0 aromatic heterocycles. The van der Waals surface area contributed by atoms with Gasteiger partial charge in [-0.15, -0.1) is 6.58 Å². The molecule has 0 aliphatic rings. The molecule has 1 heteroatoms. The SMILES string of the molecule is C=CCCc1ccc(-c2ccc(-c3ccccc3)cc2F)cc1. The Morgan fingerprint density at radius 2 is 1.48 bits per heavy atom. The molecule has 0 fully saturated rings. The van der Waals surface area contributed by atoms with Crippen LogP contribution in [0.5, 0.6) is 0 Å². The molecule has 0 heterocycles. The first-order chi connectivity index (χ1) is 11.3. The van der Waals surface area contributed by atoms with E-state index in [2.05, 4.69) is 18.7 Å². The molecule has 23 heavy (non-hydrogen) atoms. The van der Waals surface area contributed by atoms with Crippen LogP contribution >= 0.6 is 0 Å². The molecule has 0 aliphatic heterocycles. The summed E-state index contributed by atoms with van der Waals surface area (Å²) in [6.45, 7) is 3.74. The van der Waals surface area contributed by atoms with E-state index in [4.69, 9.17) is 0 Å². The number of allylic oxidation sites excluding steroid dienone is 1. The Balaban J connectivity index is 1.87. The van der Waals surface area contributed by atoms with Crippen molar-refractivity contribution in [2.75, 3.05) is 0 Å². The summed E-state index contributed by atoms with van der Waals surface area (Å²) < 4.78 is 14.5. The maximum atomic E-state index is 14.5. The van der Waals surface area contributed by atoms with E-state index in [0.717, 1.165) is 29.5 Å². The van der Waals surface area contributed by atoms with Crippen LogP contribution in [-0.2, 0) is 6.42 Å². The topological polar surface area (TPSA) is 0 Å². The Morgan fingerprint density at radius 3 is 2.13 bits per heavy atom. The van der Waals surface area contributed by atoms with Gasteiger partial charge in [0.2, 0.25) is 0 Å². The van der Waals surface area contributed by atoms with Gasteiger partial charge in [0.25, 0.3) is 0 Å². The first-order valence-corrected chi connectivity index (χ1v) is 7.83. The van der Waals surface area contributed by atoms with E-state index < -0.39 is 0 Å². The fourth-order valence-corrected chi connectivity index (χ4v) is 2.68. The summed E-state index contributed by atoms with van der Waals surface area (Å²) in [6, 6.07) is 23.4. The van der Waals surface area contributed by atoms with Gasteiger partial charge < -0.3 is 0 Å². The highest BCUT2D eigenvalue weighted by Crippen LogP contribution is 2.28. The van der Waals surface area contributed by atoms with Crippen molar-refractivity contribution < 1.29 is 4.39 Å². The number of rotatable bonds is 5. The van der Waals surface area contributed by atoms with Gasteiger partial charge in [0.1, 0.15) is 5.82 Å². The molecule has 0 amide bonds. The lowest BCUT2D eigenvalue weighted by Gasteiger charge is -2.08. The maximum Gasteiger partial charge on any atom is 0.131 e. The monoisotopic (exact) mass is 302 g/mol. The fourth-order valence-electron chi connectivity index (χ4n) is 2.68. The average Bonchev–Trinajstić information content (AvgIpc) is 2.61. The van der Waals surface area contributed by atoms with Crippen molar-refractivity contribution >= 4 is 0 Å². The van der Waals surface area contributed by atoms with Gasteiger partial charge in [0, 0.05) is 5.56 Å². The summed E-state index contributed by atoms with van der Waals surface area (Å²) in [6.07, 6.45) is 3.84. The summed E-state index contributed by atoms with van der Waals surface area (Å²) in [4.78, 5) is 0. The third-order valence-corrected chi connectivity index (χ3v) is 3.98. The second-order valence-electron chi connectivity index (χ2n) is 5.58. The van der Waals surface area contributed by atoms with E-state index in [9.17, 15) is 4.39 Å². The summed E-state index contributed by atoms with van der Waals surface area (Å²) in [5, 5.41) is 0. The van der Waals surface area contributed by atoms with Crippen LogP contribution in [0.25, 0.3) is 22.3 Å². The van der Waals surface area contributed by atoms with Crippen LogP contribution in [-0.4, -0.2) is 0 Å². The van der Waals surface area contributed by atoms with E-state index >= 15 is 0 Å². The van der Waals surface area contributed by atoms with Crippen molar-refractivity contribution in [3.63, 3.8) is 0 Å². The van der Waals surface area contributed by atoms with Gasteiger partial charge in [-0.25, -0.2) is 4.39 Å². The van der Waals surface area contributed by atoms with Crippen molar-refractivity contribution in [2.45, 2.75) is 12.8 Å². The Morgan fingerprint density at radius 1 is 0.783 bits per heavy atom. The van der Waals surface area contributed by atoms with Crippen LogP contribution in [0.2, 0.25) is 0 Å². The molecule has 0 saturated carbocycles. The number of hydrogen-bond acceptors (Lipinski definition) is 0. The van der Waals surface area contributed by atoms with Crippen molar-refractivity contribution in [2.24, 2.45) is 0 Å². The number of benzene rings is 3. The molecule has 3 aromatic rings. The van der Waals surface area contributed by atoms with Gasteiger partial charge in [-0.1, -0.05) is 72.8 Å². The lowest BCUT2D eigenvalue weighted by atomic mass is 9.98. The first-order valence-electron chi connectivity index (χ1n) is 7.83. The zero-order valence-electron chi connectivity index (χ0n) is 13.0. The average molecular weight is 302 g/mol. The van der Waals surface area contributed by atoms with E-state index in [1.165, 1.54) is 5.56 Å². The van der Waals surface area contributed by atoms with Crippen LogP contribution in [0, 0.1) is 5.82 Å². The van der Waals surface area contributed by atoms with E-state index in [1.807, 2.05) is 60.7 Å². The molecule has 3 aromatic carbocycles. The molecule has 0 aliphatic carbocycles. The highest BCUT2D eigenvalue weighted by atomic mass is 19.1. The second kappa shape index (κ2) is 7.06. The van der Waals surface area contributed by atoms with Crippen molar-refractivity contribution in [1.29, 1.82) is 0 Å². The van der Waals surface area contributed by atoms with E-state index in [-0.39, 0.29) is 5.82 Å². The minimum atomic E-state index is -0.190. The van der Waals surface area contributed by atoms with Crippen LogP contribution in [0.3, 0.4) is 0 Å². The van der Waals surface area contributed by atoms with Gasteiger partial charge >= 0.3 is 0 Å². The van der Waals surface area contributed by atoms with Gasteiger partial charge in [-0.2, -0.15) is 0 Å². The molecule has 114 valence electrons. The highest BCUT2D eigenvalue weighted by Gasteiger charge is 2.07. The van der Waals surface area contributed by atoms with Gasteiger partial charge in [0.05, 0.1) is 0 Å². The molecule has 0 radical (unpaired) electrons. The van der Waals surface area contributed by atoms with Crippen molar-refractivity contribution in [3.8, 4) is 22.3 Å². The number of halogens is 1. The minimum Gasteiger partial charge on any atom is -0.206 e. The van der Waals surface area contributed by atoms with Crippen LogP contribution in [0.4, 0.5) is 4.39 Å². The summed E-state index contributed by atoms with van der Waals surface area (Å²) in [7, 11) is 0. The zero-order chi connectivity index (χ0) is 16.1. The molecular weight excluding hydrogens is 283 g/mol. The van der Waals surface area contributed by atoms with E-state index in [0.29, 0.717) is 5.56 Å². The van der Waals surface area contributed by atoms with Crippen molar-refractivity contribution in [1.82, 2.24) is 0 Å². The predicted octanol–water partition coefficient (Wildman–Crippen LogP) is 6.28. The Bertz CT molecular complexity index is 786. The van der Waals surface area contributed by atoms with Crippen LogP contribution in [0.15, 0.2) is 85.5 Å². The molecular formula is C22H19F. The molecule has 3 rings (SSSR count). The third-order valence-electron chi connectivity index (χ3n) is 3.98. The number of aryl methyl sites for hydroxylation is 1. The summed E-state index contributed by atoms with van der Waals surface area (Å²) in [5.74, 6) is -0.190. The standard InChI is InChI=1S/C22H19F/c1-2-3-7-17-10-12-19(13-11-17)21-15-14-20(16-22(21)23)18-8-5-4-6-9-18/h2,4-6,8-16H,1,3,7H2. The molecule has 0 spiro atoms. The lowest BCUT2D eigenvalue weighted by molar-refractivity contribution is 0.632. The van der Waals surface area contributed by atoms with Crippen molar-refractivity contribution in [3.05, 3.63) is 96.8 Å². The maximum absolute atomic E-state index is 14.5. The first kappa shape index (κ1) is 15.2. The smallest absolute Gasteiger partial charge is 0.131 e. The molecule has 0 saturated heterocycles. The molecule has 0 bridgehead atoms. The quantitative estimate of drug-likeness (QED) is 0.487. The Kier molecular flexibility index (Phi) is 4.68. The number of hydrogen-bond donors (Lipinski definition) is 0. The predicted molar refractivity (Wildman–Crippen MR) is 95.8 cm³/mol. The van der Waals surface area contributed by atoms with E-state index in [1.54, 1.807) is 6.07 Å².